The lowest BCUT2D eigenvalue weighted by Crippen LogP contribution is -2.40. The Bertz CT molecular complexity index is 375. The van der Waals surface area contributed by atoms with Crippen molar-refractivity contribution in [2.24, 2.45) is 0 Å². The van der Waals surface area contributed by atoms with Gasteiger partial charge in [0.15, 0.2) is 0 Å². The summed E-state index contributed by atoms with van der Waals surface area (Å²) in [7, 11) is -0.932. The maximum Gasteiger partial charge on any atom is 0.0573 e. The smallest absolute Gasteiger partial charge is 0.0573 e. The van der Waals surface area contributed by atoms with Crippen LogP contribution in [0.5, 0.6) is 0 Å². The molecule has 0 aliphatic rings. The van der Waals surface area contributed by atoms with Crippen molar-refractivity contribution in [3.8, 4) is 0 Å². The van der Waals surface area contributed by atoms with Crippen LogP contribution in [0.15, 0.2) is 29.2 Å². The van der Waals surface area contributed by atoms with Gasteiger partial charge in [0, 0.05) is 10.9 Å². The predicted octanol–water partition coefficient (Wildman–Crippen LogP) is 3.27. The Morgan fingerprint density at radius 2 is 1.83 bits per heavy atom. The van der Waals surface area contributed by atoms with Crippen molar-refractivity contribution in [3.05, 3.63) is 29.8 Å². The van der Waals surface area contributed by atoms with Gasteiger partial charge in [0.05, 0.1) is 16.0 Å². The van der Waals surface area contributed by atoms with Gasteiger partial charge < -0.3 is 5.32 Å². The number of hydrogen-bond donors (Lipinski definition) is 1. The normalized spacial score (nSPS) is 16.2. The molecule has 0 aliphatic carbocycles. The fourth-order valence-corrected chi connectivity index (χ4v) is 3.43. The van der Waals surface area contributed by atoms with Crippen LogP contribution in [0.2, 0.25) is 0 Å². The summed E-state index contributed by atoms with van der Waals surface area (Å²) in [6.07, 6.45) is 2.12. The third kappa shape index (κ3) is 4.21. The molecule has 102 valence electrons. The molecule has 0 fully saturated rings. The molecule has 0 radical (unpaired) electrons. The summed E-state index contributed by atoms with van der Waals surface area (Å²) in [6.45, 7) is 9.42. The molecule has 0 bridgehead atoms. The SMILES string of the molecule is CCCNC(CC)C(C)S(=O)c1ccc(C)cc1. The molecule has 1 aromatic rings. The molecular formula is C15H25NOS. The molecule has 3 atom stereocenters. The molecule has 3 unspecified atom stereocenters. The first-order valence-corrected chi connectivity index (χ1v) is 8.02. The molecule has 0 spiro atoms. The Morgan fingerprint density at radius 3 is 2.33 bits per heavy atom. The molecule has 1 N–H and O–H groups in total. The highest BCUT2D eigenvalue weighted by atomic mass is 32.2. The summed E-state index contributed by atoms with van der Waals surface area (Å²) in [5.41, 5.74) is 1.21. The van der Waals surface area contributed by atoms with Crippen LogP contribution in [-0.4, -0.2) is 22.0 Å². The number of aryl methyl sites for hydroxylation is 1. The van der Waals surface area contributed by atoms with Gasteiger partial charge in [-0.2, -0.15) is 0 Å². The minimum absolute atomic E-state index is 0.143. The van der Waals surface area contributed by atoms with E-state index in [0.29, 0.717) is 6.04 Å². The zero-order valence-corrected chi connectivity index (χ0v) is 12.7. The molecule has 18 heavy (non-hydrogen) atoms. The van der Waals surface area contributed by atoms with E-state index in [1.54, 1.807) is 0 Å². The molecular weight excluding hydrogens is 242 g/mol. The van der Waals surface area contributed by atoms with Gasteiger partial charge >= 0.3 is 0 Å². The van der Waals surface area contributed by atoms with E-state index >= 15 is 0 Å². The van der Waals surface area contributed by atoms with E-state index in [1.165, 1.54) is 5.56 Å². The second-order valence-electron chi connectivity index (χ2n) is 4.78. The lowest BCUT2D eigenvalue weighted by Gasteiger charge is -2.23. The fourth-order valence-electron chi connectivity index (χ4n) is 2.01. The van der Waals surface area contributed by atoms with E-state index in [1.807, 2.05) is 31.2 Å². The summed E-state index contributed by atoms with van der Waals surface area (Å²) in [4.78, 5) is 0.935. The molecule has 0 heterocycles. The Kier molecular flexibility index (Phi) is 6.58. The van der Waals surface area contributed by atoms with Gasteiger partial charge in [-0.15, -0.1) is 0 Å². The molecule has 0 amide bonds. The summed E-state index contributed by atoms with van der Waals surface area (Å²) in [6, 6.07) is 8.34. The van der Waals surface area contributed by atoms with Crippen molar-refractivity contribution >= 4 is 10.8 Å². The average molecular weight is 267 g/mol. The van der Waals surface area contributed by atoms with Crippen molar-refractivity contribution in [3.63, 3.8) is 0 Å². The van der Waals surface area contributed by atoms with Gasteiger partial charge in [-0.25, -0.2) is 0 Å². The molecule has 0 saturated heterocycles. The first-order valence-electron chi connectivity index (χ1n) is 6.80. The summed E-state index contributed by atoms with van der Waals surface area (Å²) in [5.74, 6) is 0. The van der Waals surface area contributed by atoms with Crippen molar-refractivity contribution in [2.45, 2.75) is 56.7 Å². The highest BCUT2D eigenvalue weighted by molar-refractivity contribution is 7.85. The fraction of sp³-hybridized carbons (Fsp3) is 0.600. The zero-order valence-electron chi connectivity index (χ0n) is 11.9. The maximum atomic E-state index is 12.5. The largest absolute Gasteiger partial charge is 0.313 e. The van der Waals surface area contributed by atoms with Crippen molar-refractivity contribution in [1.82, 2.24) is 5.32 Å². The Morgan fingerprint density at radius 1 is 1.22 bits per heavy atom. The van der Waals surface area contributed by atoms with Crippen LogP contribution in [-0.2, 0) is 10.8 Å². The van der Waals surface area contributed by atoms with E-state index < -0.39 is 10.8 Å². The number of hydrogen-bond acceptors (Lipinski definition) is 2. The highest BCUT2D eigenvalue weighted by Gasteiger charge is 2.21. The van der Waals surface area contributed by atoms with E-state index in [4.69, 9.17) is 0 Å². The molecule has 3 heteroatoms. The van der Waals surface area contributed by atoms with E-state index in [2.05, 4.69) is 26.1 Å². The zero-order chi connectivity index (χ0) is 13.5. The minimum Gasteiger partial charge on any atom is -0.313 e. The van der Waals surface area contributed by atoms with E-state index in [-0.39, 0.29) is 5.25 Å². The van der Waals surface area contributed by atoms with Crippen LogP contribution >= 0.6 is 0 Å². The molecule has 0 aromatic heterocycles. The second kappa shape index (κ2) is 7.70. The molecule has 1 rings (SSSR count). The Balaban J connectivity index is 2.72. The minimum atomic E-state index is -0.932. The van der Waals surface area contributed by atoms with Crippen molar-refractivity contribution in [1.29, 1.82) is 0 Å². The monoisotopic (exact) mass is 267 g/mol. The highest BCUT2D eigenvalue weighted by Crippen LogP contribution is 2.16. The van der Waals surface area contributed by atoms with Crippen LogP contribution in [0, 0.1) is 6.92 Å². The van der Waals surface area contributed by atoms with Crippen LogP contribution in [0.3, 0.4) is 0 Å². The standard InChI is InChI=1S/C15H25NOS/c1-5-11-16-15(6-2)13(4)18(17)14-9-7-12(3)8-10-14/h7-10,13,15-16H,5-6,11H2,1-4H3. The summed E-state index contributed by atoms with van der Waals surface area (Å²) < 4.78 is 12.5. The average Bonchev–Trinajstić information content (AvgIpc) is 2.39. The van der Waals surface area contributed by atoms with E-state index in [0.717, 1.165) is 24.3 Å². The number of benzene rings is 1. The predicted molar refractivity (Wildman–Crippen MR) is 79.4 cm³/mol. The Hall–Kier alpha value is -0.670. The first-order chi connectivity index (χ1) is 8.60. The summed E-state index contributed by atoms with van der Waals surface area (Å²) in [5, 5.41) is 3.63. The van der Waals surface area contributed by atoms with Gasteiger partial charge in [-0.05, 0) is 45.4 Å². The third-order valence-electron chi connectivity index (χ3n) is 3.25. The van der Waals surface area contributed by atoms with Crippen LogP contribution in [0.4, 0.5) is 0 Å². The van der Waals surface area contributed by atoms with Crippen LogP contribution in [0.25, 0.3) is 0 Å². The van der Waals surface area contributed by atoms with Crippen LogP contribution in [0.1, 0.15) is 39.2 Å². The second-order valence-corrected chi connectivity index (χ2v) is 6.59. The van der Waals surface area contributed by atoms with Gasteiger partial charge in [-0.3, -0.25) is 4.21 Å². The van der Waals surface area contributed by atoms with Gasteiger partial charge in [0.25, 0.3) is 0 Å². The molecule has 0 aliphatic heterocycles. The van der Waals surface area contributed by atoms with Gasteiger partial charge in [-0.1, -0.05) is 31.5 Å². The molecule has 2 nitrogen and oxygen atoms in total. The van der Waals surface area contributed by atoms with Crippen molar-refractivity contribution in [2.75, 3.05) is 6.54 Å². The van der Waals surface area contributed by atoms with Gasteiger partial charge in [0.1, 0.15) is 0 Å². The van der Waals surface area contributed by atoms with E-state index in [9.17, 15) is 4.21 Å². The lowest BCUT2D eigenvalue weighted by atomic mass is 10.1. The van der Waals surface area contributed by atoms with Crippen LogP contribution < -0.4 is 5.32 Å². The maximum absolute atomic E-state index is 12.5. The molecule has 1 aromatic carbocycles. The van der Waals surface area contributed by atoms with Gasteiger partial charge in [0.2, 0.25) is 0 Å². The topological polar surface area (TPSA) is 29.1 Å². The third-order valence-corrected chi connectivity index (χ3v) is 4.99. The summed E-state index contributed by atoms with van der Waals surface area (Å²) >= 11 is 0. The quantitative estimate of drug-likeness (QED) is 0.821. The number of rotatable bonds is 7. The first kappa shape index (κ1) is 15.4. The Labute approximate surface area is 114 Å². The number of nitrogens with one attached hydrogen (secondary N) is 1. The molecule has 0 saturated carbocycles. The van der Waals surface area contributed by atoms with Crippen molar-refractivity contribution < 1.29 is 4.21 Å². The lowest BCUT2D eigenvalue weighted by molar-refractivity contribution is 0.486.